The summed E-state index contributed by atoms with van der Waals surface area (Å²) >= 11 is 0. The van der Waals surface area contributed by atoms with Gasteiger partial charge in [0.1, 0.15) is 0 Å². The summed E-state index contributed by atoms with van der Waals surface area (Å²) in [6.07, 6.45) is 9.61. The van der Waals surface area contributed by atoms with Crippen molar-refractivity contribution in [2.24, 2.45) is 5.92 Å². The summed E-state index contributed by atoms with van der Waals surface area (Å²) in [4.78, 5) is 19.7. The Bertz CT molecular complexity index is 400. The van der Waals surface area contributed by atoms with E-state index in [1.54, 1.807) is 6.92 Å². The number of aromatic nitrogens is 2. The first kappa shape index (κ1) is 13.8. The zero-order chi connectivity index (χ0) is 13.5. The van der Waals surface area contributed by atoms with Gasteiger partial charge in [-0.3, -0.25) is 0 Å². The number of esters is 1. The lowest BCUT2D eigenvalue weighted by molar-refractivity contribution is 0.0525. The van der Waals surface area contributed by atoms with Crippen LogP contribution in [0.1, 0.15) is 49.4 Å². The molecule has 0 aliphatic heterocycles. The Hall–Kier alpha value is -1.65. The molecule has 5 heteroatoms. The van der Waals surface area contributed by atoms with Crippen LogP contribution in [-0.4, -0.2) is 29.1 Å². The molecule has 1 saturated carbocycles. The molecule has 0 bridgehead atoms. The molecular weight excluding hydrogens is 242 g/mol. The number of carbonyl (C=O) groups is 1. The Kier molecular flexibility index (Phi) is 5.12. The Morgan fingerprint density at radius 3 is 2.63 bits per heavy atom. The minimum atomic E-state index is -0.374. The molecular formula is C14H21N3O2. The molecule has 1 aromatic heterocycles. The fourth-order valence-electron chi connectivity index (χ4n) is 2.37. The predicted molar refractivity (Wildman–Crippen MR) is 73.1 cm³/mol. The van der Waals surface area contributed by atoms with E-state index in [-0.39, 0.29) is 5.97 Å². The molecule has 0 spiro atoms. The number of hydrogen-bond acceptors (Lipinski definition) is 5. The molecule has 1 fully saturated rings. The van der Waals surface area contributed by atoms with Crippen LogP contribution in [0, 0.1) is 5.92 Å². The van der Waals surface area contributed by atoms with E-state index >= 15 is 0 Å². The van der Waals surface area contributed by atoms with E-state index in [0.717, 1.165) is 12.5 Å². The maximum atomic E-state index is 11.4. The molecule has 1 heterocycles. The summed E-state index contributed by atoms with van der Waals surface area (Å²) in [6, 6.07) is 0. The molecule has 0 atom stereocenters. The number of anilines is 1. The minimum absolute atomic E-state index is 0.362. The van der Waals surface area contributed by atoms with Crippen molar-refractivity contribution in [2.75, 3.05) is 18.5 Å². The average Bonchev–Trinajstić information content (AvgIpc) is 2.47. The van der Waals surface area contributed by atoms with Gasteiger partial charge in [0.15, 0.2) is 0 Å². The zero-order valence-corrected chi connectivity index (χ0v) is 11.4. The number of nitrogens with zero attached hydrogens (tertiary/aromatic N) is 2. The summed E-state index contributed by atoms with van der Waals surface area (Å²) in [5.74, 6) is 0.932. The van der Waals surface area contributed by atoms with Crippen LogP contribution < -0.4 is 5.32 Å². The summed E-state index contributed by atoms with van der Waals surface area (Å²) in [5, 5.41) is 3.24. The first-order chi connectivity index (χ1) is 9.29. The fraction of sp³-hybridized carbons (Fsp3) is 0.643. The van der Waals surface area contributed by atoms with Crippen molar-refractivity contribution in [3.05, 3.63) is 18.0 Å². The predicted octanol–water partition coefficient (Wildman–Crippen LogP) is 2.65. The van der Waals surface area contributed by atoms with Gasteiger partial charge in [-0.1, -0.05) is 19.3 Å². The van der Waals surface area contributed by atoms with Crippen LogP contribution in [0.15, 0.2) is 12.4 Å². The number of ether oxygens (including phenoxy) is 1. The molecule has 1 aromatic rings. The van der Waals surface area contributed by atoms with Crippen molar-refractivity contribution >= 4 is 11.9 Å². The van der Waals surface area contributed by atoms with Gasteiger partial charge in [0.25, 0.3) is 0 Å². The zero-order valence-electron chi connectivity index (χ0n) is 11.4. The first-order valence-electron chi connectivity index (χ1n) is 7.02. The molecule has 0 amide bonds. The molecule has 0 saturated heterocycles. The molecule has 0 radical (unpaired) electrons. The van der Waals surface area contributed by atoms with Crippen molar-refractivity contribution in [1.29, 1.82) is 0 Å². The van der Waals surface area contributed by atoms with Gasteiger partial charge in [0, 0.05) is 18.9 Å². The Labute approximate surface area is 113 Å². The van der Waals surface area contributed by atoms with Gasteiger partial charge in [-0.05, 0) is 25.7 Å². The van der Waals surface area contributed by atoms with E-state index in [0.29, 0.717) is 18.1 Å². The van der Waals surface area contributed by atoms with Gasteiger partial charge >= 0.3 is 5.97 Å². The molecule has 0 unspecified atom stereocenters. The molecule has 1 N–H and O–H groups in total. The number of rotatable bonds is 5. The Morgan fingerprint density at radius 1 is 1.32 bits per heavy atom. The number of hydrogen-bond donors (Lipinski definition) is 1. The largest absolute Gasteiger partial charge is 0.462 e. The molecule has 5 nitrogen and oxygen atoms in total. The van der Waals surface area contributed by atoms with Gasteiger partial charge in [-0.25, -0.2) is 14.8 Å². The van der Waals surface area contributed by atoms with Crippen molar-refractivity contribution in [1.82, 2.24) is 9.97 Å². The second-order valence-corrected chi connectivity index (χ2v) is 4.90. The summed E-state index contributed by atoms with van der Waals surface area (Å²) < 4.78 is 4.88. The molecule has 19 heavy (non-hydrogen) atoms. The SMILES string of the molecule is CCOC(=O)c1cnc(NCC2CCCCC2)nc1. The monoisotopic (exact) mass is 263 g/mol. The van der Waals surface area contributed by atoms with Gasteiger partial charge in [0.2, 0.25) is 5.95 Å². The van der Waals surface area contributed by atoms with Gasteiger partial charge in [-0.2, -0.15) is 0 Å². The highest BCUT2D eigenvalue weighted by molar-refractivity contribution is 5.88. The maximum absolute atomic E-state index is 11.4. The quantitative estimate of drug-likeness (QED) is 0.827. The fourth-order valence-corrected chi connectivity index (χ4v) is 2.37. The third-order valence-electron chi connectivity index (χ3n) is 3.44. The average molecular weight is 263 g/mol. The lowest BCUT2D eigenvalue weighted by Gasteiger charge is -2.21. The van der Waals surface area contributed by atoms with E-state index in [1.807, 2.05) is 0 Å². The lowest BCUT2D eigenvalue weighted by Crippen LogP contribution is -2.18. The molecule has 2 rings (SSSR count). The number of nitrogens with one attached hydrogen (secondary N) is 1. The van der Waals surface area contributed by atoms with E-state index < -0.39 is 0 Å². The highest BCUT2D eigenvalue weighted by Gasteiger charge is 2.13. The van der Waals surface area contributed by atoms with Crippen molar-refractivity contribution in [3.8, 4) is 0 Å². The van der Waals surface area contributed by atoms with E-state index in [1.165, 1.54) is 44.5 Å². The molecule has 1 aliphatic carbocycles. The summed E-state index contributed by atoms with van der Waals surface area (Å²) in [5.41, 5.74) is 0.394. The van der Waals surface area contributed by atoms with E-state index in [9.17, 15) is 4.79 Å². The van der Waals surface area contributed by atoms with Crippen LogP contribution in [0.25, 0.3) is 0 Å². The van der Waals surface area contributed by atoms with E-state index in [4.69, 9.17) is 4.74 Å². The highest BCUT2D eigenvalue weighted by Crippen LogP contribution is 2.23. The van der Waals surface area contributed by atoms with Crippen LogP contribution in [0.4, 0.5) is 5.95 Å². The van der Waals surface area contributed by atoms with Crippen molar-refractivity contribution < 1.29 is 9.53 Å². The summed E-state index contributed by atoms with van der Waals surface area (Å²) in [7, 11) is 0. The second-order valence-electron chi connectivity index (χ2n) is 4.90. The lowest BCUT2D eigenvalue weighted by atomic mass is 9.89. The van der Waals surface area contributed by atoms with Gasteiger partial charge < -0.3 is 10.1 Å². The standard InChI is InChI=1S/C14H21N3O2/c1-2-19-13(18)12-9-16-14(17-10-12)15-8-11-6-4-3-5-7-11/h9-11H,2-8H2,1H3,(H,15,16,17). The Morgan fingerprint density at radius 2 is 2.00 bits per heavy atom. The topological polar surface area (TPSA) is 64.1 Å². The van der Waals surface area contributed by atoms with Crippen LogP contribution in [0.3, 0.4) is 0 Å². The smallest absolute Gasteiger partial charge is 0.341 e. The third-order valence-corrected chi connectivity index (χ3v) is 3.44. The van der Waals surface area contributed by atoms with Gasteiger partial charge in [-0.15, -0.1) is 0 Å². The maximum Gasteiger partial charge on any atom is 0.341 e. The molecule has 0 aromatic carbocycles. The van der Waals surface area contributed by atoms with Crippen molar-refractivity contribution in [3.63, 3.8) is 0 Å². The van der Waals surface area contributed by atoms with Crippen LogP contribution in [0.5, 0.6) is 0 Å². The highest BCUT2D eigenvalue weighted by atomic mass is 16.5. The van der Waals surface area contributed by atoms with Crippen molar-refractivity contribution in [2.45, 2.75) is 39.0 Å². The van der Waals surface area contributed by atoms with Crippen LogP contribution in [-0.2, 0) is 4.74 Å². The molecule has 1 aliphatic rings. The normalized spacial score (nSPS) is 16.1. The Balaban J connectivity index is 1.82. The van der Waals surface area contributed by atoms with Crippen LogP contribution >= 0.6 is 0 Å². The van der Waals surface area contributed by atoms with E-state index in [2.05, 4.69) is 15.3 Å². The second kappa shape index (κ2) is 7.07. The number of carbonyl (C=O) groups excluding carboxylic acids is 1. The summed E-state index contributed by atoms with van der Waals surface area (Å²) in [6.45, 7) is 3.05. The third kappa shape index (κ3) is 4.19. The molecule has 104 valence electrons. The first-order valence-corrected chi connectivity index (χ1v) is 7.02. The van der Waals surface area contributed by atoms with Crippen LogP contribution in [0.2, 0.25) is 0 Å². The van der Waals surface area contributed by atoms with Gasteiger partial charge in [0.05, 0.1) is 12.2 Å². The minimum Gasteiger partial charge on any atom is -0.462 e.